The highest BCUT2D eigenvalue weighted by Crippen LogP contribution is 2.18. The maximum Gasteiger partial charge on any atom is 0.408 e. The summed E-state index contributed by atoms with van der Waals surface area (Å²) in [4.78, 5) is 36.6. The van der Waals surface area contributed by atoms with Crippen LogP contribution in [0.25, 0.3) is 0 Å². The first kappa shape index (κ1) is 20.5. The molecule has 1 N–H and O–H groups in total. The second-order valence-electron chi connectivity index (χ2n) is 6.53. The van der Waals surface area contributed by atoms with Crippen molar-refractivity contribution < 1.29 is 28.6 Å². The highest BCUT2D eigenvalue weighted by atomic mass is 16.6. The number of benzene rings is 1. The molecule has 0 unspecified atom stereocenters. The Morgan fingerprint density at radius 1 is 1.04 bits per heavy atom. The van der Waals surface area contributed by atoms with E-state index < -0.39 is 29.6 Å². The first-order valence-corrected chi connectivity index (χ1v) is 7.84. The third-order valence-corrected chi connectivity index (χ3v) is 3.42. The van der Waals surface area contributed by atoms with Gasteiger partial charge in [0, 0.05) is 5.56 Å². The molecule has 138 valence electrons. The van der Waals surface area contributed by atoms with Crippen LogP contribution in [0.15, 0.2) is 24.3 Å². The molecule has 0 radical (unpaired) electrons. The van der Waals surface area contributed by atoms with Gasteiger partial charge < -0.3 is 19.5 Å². The summed E-state index contributed by atoms with van der Waals surface area (Å²) in [6, 6.07) is 5.33. The standard InChI is InChI=1S/C18H25NO6/c1-11(15(20)12-7-9-13(23-5)10-8-12)14(16(21)24-6)19-17(22)25-18(2,3)4/h7-11,14H,1-6H3,(H,19,22)/t11-,14-/m0/s1. The van der Waals surface area contributed by atoms with Crippen LogP contribution in [0.4, 0.5) is 4.79 Å². The molecule has 1 rings (SSSR count). The van der Waals surface area contributed by atoms with Crippen molar-refractivity contribution in [1.82, 2.24) is 5.32 Å². The predicted octanol–water partition coefficient (Wildman–Crippen LogP) is 2.58. The molecule has 0 aromatic heterocycles. The van der Waals surface area contributed by atoms with E-state index in [2.05, 4.69) is 5.32 Å². The molecule has 7 nitrogen and oxygen atoms in total. The van der Waals surface area contributed by atoms with E-state index in [0.29, 0.717) is 11.3 Å². The molecule has 25 heavy (non-hydrogen) atoms. The lowest BCUT2D eigenvalue weighted by Crippen LogP contribution is -2.49. The molecule has 0 spiro atoms. The van der Waals surface area contributed by atoms with Crippen molar-refractivity contribution in [3.63, 3.8) is 0 Å². The Bertz CT molecular complexity index is 617. The molecule has 0 bridgehead atoms. The van der Waals surface area contributed by atoms with E-state index >= 15 is 0 Å². The van der Waals surface area contributed by atoms with E-state index in [1.165, 1.54) is 14.2 Å². The van der Waals surface area contributed by atoms with E-state index in [-0.39, 0.29) is 5.78 Å². The number of ether oxygens (including phenoxy) is 3. The Morgan fingerprint density at radius 3 is 2.04 bits per heavy atom. The molecule has 2 atom stereocenters. The number of esters is 1. The molecule has 1 aromatic carbocycles. The van der Waals surface area contributed by atoms with Gasteiger partial charge in [-0.1, -0.05) is 6.92 Å². The number of nitrogens with one attached hydrogen (secondary N) is 1. The molecule has 1 amide bonds. The topological polar surface area (TPSA) is 90.9 Å². The fraction of sp³-hybridized carbons (Fsp3) is 0.500. The summed E-state index contributed by atoms with van der Waals surface area (Å²) in [6.07, 6.45) is -0.794. The molecule has 0 aliphatic heterocycles. The van der Waals surface area contributed by atoms with Crippen molar-refractivity contribution in [2.75, 3.05) is 14.2 Å². The maximum atomic E-state index is 12.6. The summed E-state index contributed by atoms with van der Waals surface area (Å²) in [6.45, 7) is 6.65. The second-order valence-corrected chi connectivity index (χ2v) is 6.53. The zero-order valence-corrected chi connectivity index (χ0v) is 15.4. The first-order chi connectivity index (χ1) is 11.6. The second kappa shape index (κ2) is 8.50. The Kier molecular flexibility index (Phi) is 6.97. The molecule has 0 fully saturated rings. The third kappa shape index (κ3) is 6.10. The third-order valence-electron chi connectivity index (χ3n) is 3.42. The number of Topliss-reactive ketones (excluding diaryl/α,β-unsaturated/α-hetero) is 1. The predicted molar refractivity (Wildman–Crippen MR) is 91.7 cm³/mol. The fourth-order valence-electron chi connectivity index (χ4n) is 2.12. The van der Waals surface area contributed by atoms with Crippen LogP contribution in [0.3, 0.4) is 0 Å². The number of hydrogen-bond donors (Lipinski definition) is 1. The molecule has 0 aliphatic carbocycles. The van der Waals surface area contributed by atoms with Crippen molar-refractivity contribution in [3.05, 3.63) is 29.8 Å². The van der Waals surface area contributed by atoms with Gasteiger partial charge in [0.1, 0.15) is 17.4 Å². The van der Waals surface area contributed by atoms with Gasteiger partial charge in [0.15, 0.2) is 5.78 Å². The number of carbonyl (C=O) groups excluding carboxylic acids is 3. The van der Waals surface area contributed by atoms with Crippen molar-refractivity contribution in [3.8, 4) is 5.75 Å². The number of alkyl carbamates (subject to hydrolysis) is 1. The van der Waals surface area contributed by atoms with Crippen LogP contribution in [-0.4, -0.2) is 43.7 Å². The van der Waals surface area contributed by atoms with Gasteiger partial charge in [0.25, 0.3) is 0 Å². The van der Waals surface area contributed by atoms with Crippen LogP contribution in [0, 0.1) is 5.92 Å². The average Bonchev–Trinajstić information content (AvgIpc) is 2.56. The molecular formula is C18H25NO6. The van der Waals surface area contributed by atoms with Gasteiger partial charge in [0.2, 0.25) is 0 Å². The van der Waals surface area contributed by atoms with Crippen LogP contribution in [0.5, 0.6) is 5.75 Å². The fourth-order valence-corrected chi connectivity index (χ4v) is 2.12. The van der Waals surface area contributed by atoms with Crippen molar-refractivity contribution in [1.29, 1.82) is 0 Å². The van der Waals surface area contributed by atoms with Crippen LogP contribution in [0.1, 0.15) is 38.1 Å². The summed E-state index contributed by atoms with van der Waals surface area (Å²) < 4.78 is 14.9. The highest BCUT2D eigenvalue weighted by molar-refractivity contribution is 6.01. The highest BCUT2D eigenvalue weighted by Gasteiger charge is 2.34. The number of ketones is 1. The van der Waals surface area contributed by atoms with E-state index in [4.69, 9.17) is 14.2 Å². The Balaban J connectivity index is 2.95. The lowest BCUT2D eigenvalue weighted by atomic mass is 9.92. The smallest absolute Gasteiger partial charge is 0.408 e. The van der Waals surface area contributed by atoms with Gasteiger partial charge >= 0.3 is 12.1 Å². The molecule has 7 heteroatoms. The van der Waals surface area contributed by atoms with Gasteiger partial charge in [-0.05, 0) is 45.0 Å². The number of carbonyl (C=O) groups is 3. The summed E-state index contributed by atoms with van der Waals surface area (Å²) in [5.41, 5.74) is -0.332. The molecular weight excluding hydrogens is 326 g/mol. The summed E-state index contributed by atoms with van der Waals surface area (Å²) in [5.74, 6) is -1.26. The number of amides is 1. The van der Waals surface area contributed by atoms with Crippen molar-refractivity contribution in [2.24, 2.45) is 5.92 Å². The van der Waals surface area contributed by atoms with Gasteiger partial charge in [-0.3, -0.25) is 4.79 Å². The lowest BCUT2D eigenvalue weighted by Gasteiger charge is -2.25. The van der Waals surface area contributed by atoms with Gasteiger partial charge in [-0.25, -0.2) is 9.59 Å². The largest absolute Gasteiger partial charge is 0.497 e. The van der Waals surface area contributed by atoms with Crippen molar-refractivity contribution in [2.45, 2.75) is 39.3 Å². The minimum Gasteiger partial charge on any atom is -0.497 e. The summed E-state index contributed by atoms with van der Waals surface area (Å²) >= 11 is 0. The quantitative estimate of drug-likeness (QED) is 0.626. The van der Waals surface area contributed by atoms with Gasteiger partial charge in [-0.15, -0.1) is 0 Å². The minimum absolute atomic E-state index is 0.311. The Morgan fingerprint density at radius 2 is 1.60 bits per heavy atom. The number of hydrogen-bond acceptors (Lipinski definition) is 6. The van der Waals surface area contributed by atoms with Crippen LogP contribution < -0.4 is 10.1 Å². The monoisotopic (exact) mass is 351 g/mol. The maximum absolute atomic E-state index is 12.6. The Hall–Kier alpha value is -2.57. The van der Waals surface area contributed by atoms with E-state index in [0.717, 1.165) is 0 Å². The summed E-state index contributed by atoms with van der Waals surface area (Å²) in [7, 11) is 2.72. The molecule has 1 aromatic rings. The van der Waals surface area contributed by atoms with E-state index in [9.17, 15) is 14.4 Å². The zero-order valence-electron chi connectivity index (χ0n) is 15.4. The van der Waals surface area contributed by atoms with Gasteiger partial charge in [0.05, 0.1) is 20.1 Å². The normalized spacial score (nSPS) is 13.4. The molecule has 0 saturated carbocycles. The average molecular weight is 351 g/mol. The van der Waals surface area contributed by atoms with E-state index in [1.807, 2.05) is 0 Å². The Labute approximate surface area is 147 Å². The van der Waals surface area contributed by atoms with E-state index in [1.54, 1.807) is 52.0 Å². The zero-order chi connectivity index (χ0) is 19.2. The van der Waals surface area contributed by atoms with Crippen LogP contribution in [0.2, 0.25) is 0 Å². The molecule has 0 heterocycles. The van der Waals surface area contributed by atoms with Gasteiger partial charge in [-0.2, -0.15) is 0 Å². The molecule has 0 saturated heterocycles. The van der Waals surface area contributed by atoms with Crippen LogP contribution >= 0.6 is 0 Å². The van der Waals surface area contributed by atoms with Crippen LogP contribution in [-0.2, 0) is 14.3 Å². The summed E-state index contributed by atoms with van der Waals surface area (Å²) in [5, 5.41) is 2.42. The SMILES string of the molecule is COC(=O)[C@@H](NC(=O)OC(C)(C)C)[C@H](C)C(=O)c1ccc(OC)cc1. The first-order valence-electron chi connectivity index (χ1n) is 7.84. The lowest BCUT2D eigenvalue weighted by molar-refractivity contribution is -0.144. The number of rotatable bonds is 6. The number of methoxy groups -OCH3 is 2. The molecule has 0 aliphatic rings. The minimum atomic E-state index is -1.16. The van der Waals surface area contributed by atoms with Crippen molar-refractivity contribution >= 4 is 17.8 Å².